The Hall–Kier alpha value is -1.14. The number of nitrogens with one attached hydrogen (secondary N) is 1. The molecule has 0 saturated heterocycles. The highest BCUT2D eigenvalue weighted by atomic mass is 16.3. The predicted octanol–water partition coefficient (Wildman–Crippen LogP) is 0.208. The number of carbonyl (C=O) groups excluding carboxylic acids is 2. The number of likely N-dealkylation sites (N-methyl/N-ethyl adjacent to an activating group) is 1. The van der Waals surface area contributed by atoms with Gasteiger partial charge in [0.25, 0.3) is 0 Å². The first-order valence-electron chi connectivity index (χ1n) is 7.94. The lowest BCUT2D eigenvalue weighted by Gasteiger charge is -2.29. The Bertz CT molecular complexity index is 330. The zero-order chi connectivity index (χ0) is 15.7. The Morgan fingerprint density at radius 3 is 2.48 bits per heavy atom. The third-order valence-electron chi connectivity index (χ3n) is 3.95. The molecule has 0 atom stereocenters. The van der Waals surface area contributed by atoms with E-state index in [1.165, 1.54) is 17.7 Å². The standard InChI is InChI=1S/C15H29N3O3/c1-3-8-16-14(20)11-17(2)15(21)12-18(9-10-19)13-6-4-5-7-13/h13,19H,3-12H2,1-2H3,(H,16,20). The van der Waals surface area contributed by atoms with E-state index in [9.17, 15) is 9.59 Å². The summed E-state index contributed by atoms with van der Waals surface area (Å²) in [5.74, 6) is -0.190. The third kappa shape index (κ3) is 6.44. The van der Waals surface area contributed by atoms with Crippen molar-refractivity contribution in [2.24, 2.45) is 0 Å². The van der Waals surface area contributed by atoms with Gasteiger partial charge in [-0.2, -0.15) is 0 Å². The molecule has 0 aliphatic heterocycles. The Morgan fingerprint density at radius 2 is 1.90 bits per heavy atom. The lowest BCUT2D eigenvalue weighted by Crippen LogP contribution is -2.46. The topological polar surface area (TPSA) is 72.9 Å². The molecule has 21 heavy (non-hydrogen) atoms. The Labute approximate surface area is 127 Å². The van der Waals surface area contributed by atoms with E-state index in [0.717, 1.165) is 19.3 Å². The average Bonchev–Trinajstić information content (AvgIpc) is 2.98. The first-order valence-corrected chi connectivity index (χ1v) is 7.94. The molecule has 1 saturated carbocycles. The van der Waals surface area contributed by atoms with Crippen LogP contribution in [0.3, 0.4) is 0 Å². The molecule has 1 rings (SSSR count). The van der Waals surface area contributed by atoms with Gasteiger partial charge >= 0.3 is 0 Å². The summed E-state index contributed by atoms with van der Waals surface area (Å²) in [6.07, 6.45) is 5.45. The van der Waals surface area contributed by atoms with E-state index in [4.69, 9.17) is 5.11 Å². The lowest BCUT2D eigenvalue weighted by atomic mass is 10.2. The molecule has 1 aliphatic carbocycles. The van der Waals surface area contributed by atoms with Gasteiger partial charge < -0.3 is 15.3 Å². The number of aliphatic hydroxyl groups excluding tert-OH is 1. The summed E-state index contributed by atoms with van der Waals surface area (Å²) in [6, 6.07) is 0.392. The summed E-state index contributed by atoms with van der Waals surface area (Å²) < 4.78 is 0. The molecule has 0 aromatic rings. The molecule has 0 unspecified atom stereocenters. The average molecular weight is 299 g/mol. The van der Waals surface area contributed by atoms with Gasteiger partial charge in [0.1, 0.15) is 0 Å². The highest BCUT2D eigenvalue weighted by Crippen LogP contribution is 2.23. The van der Waals surface area contributed by atoms with Crippen LogP contribution in [0.4, 0.5) is 0 Å². The molecular weight excluding hydrogens is 270 g/mol. The van der Waals surface area contributed by atoms with Crippen LogP contribution in [-0.2, 0) is 9.59 Å². The van der Waals surface area contributed by atoms with Crippen molar-refractivity contribution in [2.75, 3.05) is 39.8 Å². The minimum Gasteiger partial charge on any atom is -0.395 e. The summed E-state index contributed by atoms with van der Waals surface area (Å²) in [5, 5.41) is 11.9. The number of nitrogens with zero attached hydrogens (tertiary/aromatic N) is 2. The highest BCUT2D eigenvalue weighted by molar-refractivity contribution is 5.85. The van der Waals surface area contributed by atoms with Gasteiger partial charge in [-0.15, -0.1) is 0 Å². The fourth-order valence-electron chi connectivity index (χ4n) is 2.71. The van der Waals surface area contributed by atoms with Crippen LogP contribution in [-0.4, -0.2) is 72.6 Å². The maximum absolute atomic E-state index is 12.2. The number of carbonyl (C=O) groups is 2. The third-order valence-corrected chi connectivity index (χ3v) is 3.95. The molecule has 0 radical (unpaired) electrons. The van der Waals surface area contributed by atoms with E-state index in [2.05, 4.69) is 10.2 Å². The molecule has 1 aliphatic rings. The van der Waals surface area contributed by atoms with Crippen molar-refractivity contribution >= 4 is 11.8 Å². The first kappa shape index (κ1) is 17.9. The summed E-state index contributed by atoms with van der Waals surface area (Å²) in [4.78, 5) is 27.4. The number of hydrogen-bond acceptors (Lipinski definition) is 4. The van der Waals surface area contributed by atoms with Crippen LogP contribution < -0.4 is 5.32 Å². The normalized spacial score (nSPS) is 15.4. The second-order valence-electron chi connectivity index (χ2n) is 5.73. The highest BCUT2D eigenvalue weighted by Gasteiger charge is 2.25. The second kappa shape index (κ2) is 9.73. The van der Waals surface area contributed by atoms with Crippen LogP contribution in [0.2, 0.25) is 0 Å². The molecule has 0 spiro atoms. The largest absolute Gasteiger partial charge is 0.395 e. The SMILES string of the molecule is CCCNC(=O)CN(C)C(=O)CN(CCO)C1CCCC1. The van der Waals surface area contributed by atoms with Crippen molar-refractivity contribution in [2.45, 2.75) is 45.1 Å². The van der Waals surface area contributed by atoms with Crippen LogP contribution in [0.15, 0.2) is 0 Å². The lowest BCUT2D eigenvalue weighted by molar-refractivity contribution is -0.136. The van der Waals surface area contributed by atoms with Gasteiger partial charge in [-0.3, -0.25) is 14.5 Å². The van der Waals surface area contributed by atoms with Crippen LogP contribution in [0.1, 0.15) is 39.0 Å². The number of hydrogen-bond donors (Lipinski definition) is 2. The molecular formula is C15H29N3O3. The zero-order valence-electron chi connectivity index (χ0n) is 13.3. The van der Waals surface area contributed by atoms with E-state index >= 15 is 0 Å². The molecule has 2 N–H and O–H groups in total. The van der Waals surface area contributed by atoms with Gasteiger partial charge in [0, 0.05) is 26.2 Å². The van der Waals surface area contributed by atoms with Gasteiger partial charge in [0.05, 0.1) is 19.7 Å². The molecule has 0 bridgehead atoms. The van der Waals surface area contributed by atoms with Gasteiger partial charge in [-0.25, -0.2) is 0 Å². The van der Waals surface area contributed by atoms with E-state index in [1.807, 2.05) is 6.92 Å². The number of amides is 2. The number of rotatable bonds is 9. The van der Waals surface area contributed by atoms with Crippen LogP contribution in [0.5, 0.6) is 0 Å². The summed E-state index contributed by atoms with van der Waals surface area (Å²) in [6.45, 7) is 3.58. The van der Waals surface area contributed by atoms with Crippen molar-refractivity contribution < 1.29 is 14.7 Å². The molecule has 0 aromatic heterocycles. The maximum atomic E-state index is 12.2. The maximum Gasteiger partial charge on any atom is 0.239 e. The molecule has 0 heterocycles. The van der Waals surface area contributed by atoms with Crippen molar-refractivity contribution in [3.8, 4) is 0 Å². The van der Waals surface area contributed by atoms with Gasteiger partial charge in [-0.1, -0.05) is 19.8 Å². The van der Waals surface area contributed by atoms with Gasteiger partial charge in [-0.05, 0) is 19.3 Å². The summed E-state index contributed by atoms with van der Waals surface area (Å²) >= 11 is 0. The van der Waals surface area contributed by atoms with Gasteiger partial charge in [0.15, 0.2) is 0 Å². The Kier molecular flexibility index (Phi) is 8.30. The van der Waals surface area contributed by atoms with Gasteiger partial charge in [0.2, 0.25) is 11.8 Å². The van der Waals surface area contributed by atoms with E-state index in [1.54, 1.807) is 7.05 Å². The Balaban J connectivity index is 2.42. The number of aliphatic hydroxyl groups is 1. The molecule has 2 amide bonds. The van der Waals surface area contributed by atoms with Crippen molar-refractivity contribution in [1.82, 2.24) is 15.1 Å². The zero-order valence-corrected chi connectivity index (χ0v) is 13.3. The first-order chi connectivity index (χ1) is 10.1. The smallest absolute Gasteiger partial charge is 0.239 e. The fourth-order valence-corrected chi connectivity index (χ4v) is 2.71. The molecule has 6 nitrogen and oxygen atoms in total. The quantitative estimate of drug-likeness (QED) is 0.638. The van der Waals surface area contributed by atoms with Crippen LogP contribution >= 0.6 is 0 Å². The Morgan fingerprint density at radius 1 is 1.24 bits per heavy atom. The summed E-state index contributed by atoms with van der Waals surface area (Å²) in [5.41, 5.74) is 0. The van der Waals surface area contributed by atoms with E-state index in [-0.39, 0.29) is 31.5 Å². The van der Waals surface area contributed by atoms with E-state index < -0.39 is 0 Å². The second-order valence-corrected chi connectivity index (χ2v) is 5.73. The molecule has 6 heteroatoms. The van der Waals surface area contributed by atoms with Crippen molar-refractivity contribution in [3.63, 3.8) is 0 Å². The minimum atomic E-state index is -0.123. The van der Waals surface area contributed by atoms with Crippen molar-refractivity contribution in [1.29, 1.82) is 0 Å². The molecule has 122 valence electrons. The summed E-state index contributed by atoms with van der Waals surface area (Å²) in [7, 11) is 1.65. The van der Waals surface area contributed by atoms with Crippen LogP contribution in [0, 0.1) is 0 Å². The van der Waals surface area contributed by atoms with E-state index in [0.29, 0.717) is 19.1 Å². The molecule has 0 aromatic carbocycles. The van der Waals surface area contributed by atoms with Crippen molar-refractivity contribution in [3.05, 3.63) is 0 Å². The monoisotopic (exact) mass is 299 g/mol. The minimum absolute atomic E-state index is 0.0600. The van der Waals surface area contributed by atoms with Crippen LogP contribution in [0.25, 0.3) is 0 Å². The predicted molar refractivity (Wildman–Crippen MR) is 81.9 cm³/mol. The molecule has 1 fully saturated rings. The fraction of sp³-hybridized carbons (Fsp3) is 0.867.